The molecule has 0 radical (unpaired) electrons. The number of carbonyl (C=O) groups is 2. The number of carbonyl (C=O) groups excluding carboxylic acids is 2. The van der Waals surface area contributed by atoms with E-state index in [1.807, 2.05) is 31.2 Å². The minimum atomic E-state index is -0.782. The van der Waals surface area contributed by atoms with E-state index in [-0.39, 0.29) is 11.3 Å². The van der Waals surface area contributed by atoms with Crippen molar-refractivity contribution in [2.45, 2.75) is 19.4 Å². The Morgan fingerprint density at radius 3 is 2.50 bits per heavy atom. The van der Waals surface area contributed by atoms with Gasteiger partial charge in [-0.05, 0) is 54.4 Å². The highest BCUT2D eigenvalue weighted by Crippen LogP contribution is 2.40. The number of Topliss-reactive ketones (excluding diaryl/α,β-unsaturated/α-hetero) is 1. The van der Waals surface area contributed by atoms with E-state index in [1.165, 1.54) is 4.90 Å². The van der Waals surface area contributed by atoms with Crippen molar-refractivity contribution in [2.24, 2.45) is 0 Å². The molecule has 3 heterocycles. The van der Waals surface area contributed by atoms with Gasteiger partial charge in [-0.15, -0.1) is 0 Å². The Kier molecular flexibility index (Phi) is 6.80. The van der Waals surface area contributed by atoms with Crippen molar-refractivity contribution in [3.05, 3.63) is 71.2 Å². The summed E-state index contributed by atoms with van der Waals surface area (Å²) in [5.74, 6) is 0.334. The third-order valence-corrected chi connectivity index (χ3v) is 6.87. The highest BCUT2D eigenvalue weighted by atomic mass is 16.5. The van der Waals surface area contributed by atoms with Gasteiger partial charge >= 0.3 is 0 Å². The number of amides is 1. The predicted octanol–water partition coefficient (Wildman–Crippen LogP) is 3.89. The van der Waals surface area contributed by atoms with Crippen LogP contribution in [0.5, 0.6) is 5.75 Å². The molecule has 2 saturated heterocycles. The minimum absolute atomic E-state index is 0.0496. The average Bonchev–Trinajstić information content (AvgIpc) is 3.44. The maximum Gasteiger partial charge on any atom is 0.295 e. The lowest BCUT2D eigenvalue weighted by atomic mass is 9.97. The molecule has 0 aliphatic carbocycles. The molecule has 1 aromatic heterocycles. The summed E-state index contributed by atoms with van der Waals surface area (Å²) in [6.07, 6.45) is 0.695. The Morgan fingerprint density at radius 2 is 1.78 bits per heavy atom. The molecule has 8 heteroatoms. The first kappa shape index (κ1) is 24.1. The van der Waals surface area contributed by atoms with Gasteiger partial charge in [-0.3, -0.25) is 14.5 Å². The first-order chi connectivity index (χ1) is 17.5. The van der Waals surface area contributed by atoms with E-state index < -0.39 is 17.7 Å². The zero-order chi connectivity index (χ0) is 25.2. The van der Waals surface area contributed by atoms with Gasteiger partial charge in [-0.2, -0.15) is 0 Å². The summed E-state index contributed by atoms with van der Waals surface area (Å²) in [6, 6.07) is 13.8. The SMILES string of the molecule is COc1ccc2cc(/C(O)=C3\C(=O)C(=O)N(CCCN4CCOCC4)C3c3ccc(C)o3)ccc2c1. The molecule has 1 atom stereocenters. The lowest BCUT2D eigenvalue weighted by Gasteiger charge is -2.28. The number of aryl methyl sites for hydroxylation is 1. The molecule has 0 spiro atoms. The molecule has 0 bridgehead atoms. The summed E-state index contributed by atoms with van der Waals surface area (Å²) in [5, 5.41) is 13.2. The molecule has 5 rings (SSSR count). The number of aliphatic hydroxyl groups excluding tert-OH is 1. The molecule has 2 aliphatic rings. The normalized spacial score (nSPS) is 20.4. The Bertz CT molecular complexity index is 1320. The van der Waals surface area contributed by atoms with Crippen molar-refractivity contribution in [3.8, 4) is 5.75 Å². The van der Waals surface area contributed by atoms with E-state index in [0.29, 0.717) is 43.3 Å². The molecule has 188 valence electrons. The zero-order valence-electron chi connectivity index (χ0n) is 20.5. The molecule has 8 nitrogen and oxygen atoms in total. The first-order valence-corrected chi connectivity index (χ1v) is 12.2. The summed E-state index contributed by atoms with van der Waals surface area (Å²) in [7, 11) is 1.61. The first-order valence-electron chi connectivity index (χ1n) is 12.2. The predicted molar refractivity (Wildman–Crippen MR) is 135 cm³/mol. The number of benzene rings is 2. The van der Waals surface area contributed by atoms with Crippen molar-refractivity contribution >= 4 is 28.2 Å². The second-order valence-electron chi connectivity index (χ2n) is 9.18. The molecule has 2 aliphatic heterocycles. The maximum absolute atomic E-state index is 13.2. The van der Waals surface area contributed by atoms with Crippen LogP contribution in [0.15, 0.2) is 58.5 Å². The van der Waals surface area contributed by atoms with E-state index >= 15 is 0 Å². The lowest BCUT2D eigenvalue weighted by Crippen LogP contribution is -2.38. The number of methoxy groups -OCH3 is 1. The summed E-state index contributed by atoms with van der Waals surface area (Å²) in [6.45, 7) is 6.10. The lowest BCUT2D eigenvalue weighted by molar-refractivity contribution is -0.140. The van der Waals surface area contributed by atoms with Crippen LogP contribution in [0.4, 0.5) is 0 Å². The van der Waals surface area contributed by atoms with Gasteiger partial charge in [0.25, 0.3) is 11.7 Å². The molecule has 1 amide bonds. The third kappa shape index (κ3) is 4.62. The van der Waals surface area contributed by atoms with E-state index in [4.69, 9.17) is 13.9 Å². The number of hydrogen-bond donors (Lipinski definition) is 1. The summed E-state index contributed by atoms with van der Waals surface area (Å²) < 4.78 is 16.6. The van der Waals surface area contributed by atoms with E-state index in [9.17, 15) is 14.7 Å². The third-order valence-electron chi connectivity index (χ3n) is 6.87. The Morgan fingerprint density at radius 1 is 1.03 bits per heavy atom. The van der Waals surface area contributed by atoms with Crippen LogP contribution < -0.4 is 4.74 Å². The smallest absolute Gasteiger partial charge is 0.295 e. The fraction of sp³-hybridized carbons (Fsp3) is 0.357. The van der Waals surface area contributed by atoms with Crippen LogP contribution in [0.2, 0.25) is 0 Å². The second-order valence-corrected chi connectivity index (χ2v) is 9.18. The summed E-state index contributed by atoms with van der Waals surface area (Å²) >= 11 is 0. The van der Waals surface area contributed by atoms with Gasteiger partial charge in [0.05, 0.1) is 25.9 Å². The summed E-state index contributed by atoms with van der Waals surface area (Å²) in [4.78, 5) is 30.2. The number of nitrogens with zero attached hydrogens (tertiary/aromatic N) is 2. The topological polar surface area (TPSA) is 92.5 Å². The highest BCUT2D eigenvalue weighted by Gasteiger charge is 2.47. The van der Waals surface area contributed by atoms with Gasteiger partial charge in [0, 0.05) is 31.7 Å². The standard InChI is InChI=1S/C28H30N2O6/c1-18-4-9-23(36-18)25-24(26(31)21-6-5-20-17-22(34-2)8-7-19(20)16-21)27(32)28(33)30(25)11-3-10-29-12-14-35-15-13-29/h4-9,16-17,25,31H,3,10-15H2,1-2H3/b26-24+. The van der Waals surface area contributed by atoms with Crippen LogP contribution in [-0.2, 0) is 14.3 Å². The number of likely N-dealkylation sites (tertiary alicyclic amines) is 1. The number of ether oxygens (including phenoxy) is 2. The quantitative estimate of drug-likeness (QED) is 0.305. The highest BCUT2D eigenvalue weighted by molar-refractivity contribution is 6.46. The number of hydrogen-bond acceptors (Lipinski definition) is 7. The minimum Gasteiger partial charge on any atom is -0.507 e. The Labute approximate surface area is 209 Å². The number of fused-ring (bicyclic) bond motifs is 1. The molecule has 36 heavy (non-hydrogen) atoms. The van der Waals surface area contributed by atoms with E-state index in [1.54, 1.807) is 31.4 Å². The molecule has 3 aromatic rings. The number of ketones is 1. The zero-order valence-corrected chi connectivity index (χ0v) is 20.5. The van der Waals surface area contributed by atoms with Gasteiger partial charge in [-0.1, -0.05) is 18.2 Å². The van der Waals surface area contributed by atoms with Crippen molar-refractivity contribution in [3.63, 3.8) is 0 Å². The molecule has 2 fully saturated rings. The second kappa shape index (κ2) is 10.2. The van der Waals surface area contributed by atoms with Crippen LogP contribution in [0.25, 0.3) is 16.5 Å². The van der Waals surface area contributed by atoms with Gasteiger partial charge < -0.3 is 23.9 Å². The van der Waals surface area contributed by atoms with Gasteiger partial charge in [-0.25, -0.2) is 0 Å². The number of rotatable bonds is 7. The fourth-order valence-electron chi connectivity index (χ4n) is 4.95. The van der Waals surface area contributed by atoms with Gasteiger partial charge in [0.2, 0.25) is 0 Å². The number of aliphatic hydroxyl groups is 1. The van der Waals surface area contributed by atoms with Crippen molar-refractivity contribution < 1.29 is 28.6 Å². The van der Waals surface area contributed by atoms with Crippen LogP contribution in [0.1, 0.15) is 29.5 Å². The number of furan rings is 1. The molecule has 0 saturated carbocycles. The maximum atomic E-state index is 13.2. The molecule has 1 unspecified atom stereocenters. The van der Waals surface area contributed by atoms with E-state index in [0.717, 1.165) is 36.2 Å². The van der Waals surface area contributed by atoms with Gasteiger partial charge in [0.1, 0.15) is 29.1 Å². The van der Waals surface area contributed by atoms with Crippen molar-refractivity contribution in [1.29, 1.82) is 0 Å². The molecule has 1 N–H and O–H groups in total. The fourth-order valence-corrected chi connectivity index (χ4v) is 4.95. The van der Waals surface area contributed by atoms with Crippen LogP contribution in [-0.4, -0.2) is 73.1 Å². The van der Waals surface area contributed by atoms with Gasteiger partial charge in [0.15, 0.2) is 0 Å². The molecular formula is C28H30N2O6. The summed E-state index contributed by atoms with van der Waals surface area (Å²) in [5.41, 5.74) is 0.515. The van der Waals surface area contributed by atoms with Crippen LogP contribution in [0.3, 0.4) is 0 Å². The van der Waals surface area contributed by atoms with E-state index in [2.05, 4.69) is 4.90 Å². The average molecular weight is 491 g/mol. The molecule has 2 aromatic carbocycles. The Hall–Kier alpha value is -3.62. The Balaban J connectivity index is 1.49. The monoisotopic (exact) mass is 490 g/mol. The van der Waals surface area contributed by atoms with Crippen LogP contribution >= 0.6 is 0 Å². The van der Waals surface area contributed by atoms with Crippen molar-refractivity contribution in [1.82, 2.24) is 9.80 Å². The van der Waals surface area contributed by atoms with Crippen LogP contribution in [0, 0.1) is 6.92 Å². The molecular weight excluding hydrogens is 460 g/mol. The van der Waals surface area contributed by atoms with Crippen molar-refractivity contribution in [2.75, 3.05) is 46.5 Å². The largest absolute Gasteiger partial charge is 0.507 e. The number of morpholine rings is 1.